The number of aliphatic imine (C=N–C) groups is 1. The highest BCUT2D eigenvalue weighted by Gasteiger charge is 2.38. The Morgan fingerprint density at radius 3 is 1.61 bits per heavy atom. The Hall–Kier alpha value is -5.66. The molecule has 284 valence electrons. The van der Waals surface area contributed by atoms with Gasteiger partial charge in [0.15, 0.2) is 5.96 Å². The lowest BCUT2D eigenvalue weighted by atomic mass is 10.0. The van der Waals surface area contributed by atoms with Crippen LogP contribution in [-0.4, -0.2) is 97.0 Å². The van der Waals surface area contributed by atoms with Gasteiger partial charge in [-0.25, -0.2) is 14.8 Å². The summed E-state index contributed by atoms with van der Waals surface area (Å²) in [6.07, 6.45) is 5.81. The first kappa shape index (κ1) is 36.7. The van der Waals surface area contributed by atoms with Gasteiger partial charge in [0.05, 0.1) is 42.4 Å². The van der Waals surface area contributed by atoms with E-state index in [4.69, 9.17) is 4.98 Å². The number of nitrogens with zero attached hydrogens (tertiary/aromatic N) is 5. The van der Waals surface area contributed by atoms with Crippen LogP contribution in [0.2, 0.25) is 0 Å². The van der Waals surface area contributed by atoms with Crippen LogP contribution in [0.25, 0.3) is 33.6 Å². The zero-order valence-electron chi connectivity index (χ0n) is 31.3. The van der Waals surface area contributed by atoms with Crippen LogP contribution in [0.3, 0.4) is 0 Å². The summed E-state index contributed by atoms with van der Waals surface area (Å²) in [6.45, 7) is 10.5. The fourth-order valence-corrected chi connectivity index (χ4v) is 7.78. The lowest BCUT2D eigenvalue weighted by Crippen LogP contribution is -2.53. The van der Waals surface area contributed by atoms with Crippen molar-refractivity contribution in [2.24, 2.45) is 16.8 Å². The van der Waals surface area contributed by atoms with Crippen molar-refractivity contribution >= 4 is 23.9 Å². The molecular formula is C40H50N10O4. The Morgan fingerprint density at radius 2 is 1.19 bits per heavy atom. The van der Waals surface area contributed by atoms with E-state index in [1.165, 1.54) is 0 Å². The second-order valence-electron chi connectivity index (χ2n) is 15.1. The second kappa shape index (κ2) is 15.7. The number of carbonyl (C=O) groups is 3. The van der Waals surface area contributed by atoms with Crippen LogP contribution in [0, 0.1) is 11.8 Å². The van der Waals surface area contributed by atoms with E-state index in [1.54, 1.807) is 11.1 Å². The summed E-state index contributed by atoms with van der Waals surface area (Å²) in [6, 6.07) is 15.1. The normalized spacial score (nSPS) is 19.6. The number of imidazole rings is 2. The van der Waals surface area contributed by atoms with Crippen molar-refractivity contribution in [3.8, 4) is 33.6 Å². The van der Waals surface area contributed by atoms with E-state index >= 15 is 0 Å². The molecule has 2 fully saturated rings. The minimum atomic E-state index is -1.21. The number of hydrogen-bond acceptors (Lipinski definition) is 8. The van der Waals surface area contributed by atoms with Crippen molar-refractivity contribution in [1.29, 1.82) is 0 Å². The van der Waals surface area contributed by atoms with E-state index in [9.17, 15) is 19.5 Å². The van der Waals surface area contributed by atoms with Crippen LogP contribution < -0.4 is 16.0 Å². The number of aromatic amines is 2. The van der Waals surface area contributed by atoms with Crippen molar-refractivity contribution in [3.63, 3.8) is 0 Å². The zero-order chi connectivity index (χ0) is 37.9. The highest BCUT2D eigenvalue weighted by molar-refractivity contribution is 5.90. The largest absolute Gasteiger partial charge is 0.465 e. The Balaban J connectivity index is 0.998. The third-order valence-corrected chi connectivity index (χ3v) is 10.7. The quantitative estimate of drug-likeness (QED) is 0.120. The van der Waals surface area contributed by atoms with Gasteiger partial charge < -0.3 is 40.8 Å². The number of carbonyl (C=O) groups excluding carboxylic acids is 2. The number of carboxylic acid groups (broad SMARTS) is 1. The van der Waals surface area contributed by atoms with E-state index < -0.39 is 12.1 Å². The third-order valence-electron chi connectivity index (χ3n) is 10.7. The number of H-pyrrole nitrogens is 2. The van der Waals surface area contributed by atoms with Gasteiger partial charge in [-0.15, -0.1) is 0 Å². The molecule has 2 saturated heterocycles. The van der Waals surface area contributed by atoms with E-state index in [0.29, 0.717) is 31.4 Å². The van der Waals surface area contributed by atoms with E-state index in [-0.39, 0.29) is 41.8 Å². The monoisotopic (exact) mass is 734 g/mol. The van der Waals surface area contributed by atoms with E-state index in [2.05, 4.69) is 98.3 Å². The maximum atomic E-state index is 13.8. The molecule has 6 N–H and O–H groups in total. The molecule has 14 heteroatoms. The number of aromatic nitrogens is 4. The fraction of sp³-hybridized carbons (Fsp3) is 0.450. The highest BCUT2D eigenvalue weighted by atomic mass is 16.4. The molecule has 3 aliphatic heterocycles. The van der Waals surface area contributed by atoms with Crippen LogP contribution in [0.5, 0.6) is 0 Å². The molecule has 5 heterocycles. The summed E-state index contributed by atoms with van der Waals surface area (Å²) in [4.78, 5) is 62.9. The van der Waals surface area contributed by atoms with Crippen LogP contribution in [0.15, 0.2) is 65.9 Å². The van der Waals surface area contributed by atoms with Crippen molar-refractivity contribution in [2.45, 2.75) is 77.5 Å². The minimum Gasteiger partial charge on any atom is -0.465 e. The van der Waals surface area contributed by atoms with E-state index in [1.807, 2.05) is 24.9 Å². The Labute approximate surface area is 315 Å². The minimum absolute atomic E-state index is 0.0738. The predicted molar refractivity (Wildman–Crippen MR) is 206 cm³/mol. The van der Waals surface area contributed by atoms with Gasteiger partial charge in [0.25, 0.3) is 0 Å². The molecule has 2 aromatic carbocycles. The van der Waals surface area contributed by atoms with Gasteiger partial charge in [-0.05, 0) is 59.8 Å². The summed E-state index contributed by atoms with van der Waals surface area (Å²) >= 11 is 0. The van der Waals surface area contributed by atoms with Gasteiger partial charge in [-0.3, -0.25) is 14.6 Å². The van der Waals surface area contributed by atoms with Gasteiger partial charge >= 0.3 is 6.09 Å². The first-order chi connectivity index (χ1) is 26.1. The van der Waals surface area contributed by atoms with E-state index in [0.717, 1.165) is 71.7 Å². The number of benzene rings is 2. The number of amides is 3. The van der Waals surface area contributed by atoms with Crippen LogP contribution >= 0.6 is 0 Å². The summed E-state index contributed by atoms with van der Waals surface area (Å²) < 4.78 is 0. The molecule has 0 aliphatic carbocycles. The zero-order valence-corrected chi connectivity index (χ0v) is 31.3. The van der Waals surface area contributed by atoms with Gasteiger partial charge in [-0.1, -0.05) is 76.2 Å². The number of hydrogen-bond donors (Lipinski definition) is 6. The molecule has 4 atom stereocenters. The SMILES string of the molecule is CC(C)[C@H](NC(=O)O)C(=O)N1CCC[C@H]1c1ncc(-c2ccc(-c3ccc(-c4cnc([C@@H]5CCCN5C(=O)[C@@H](NC5=NCCN5)C(C)C)[nH]4)cc3)cc2)[nH]1. The number of likely N-dealkylation sites (tertiary alicyclic amines) is 2. The molecule has 54 heavy (non-hydrogen) atoms. The van der Waals surface area contributed by atoms with Gasteiger partial charge in [-0.2, -0.15) is 0 Å². The molecule has 14 nitrogen and oxygen atoms in total. The molecule has 0 saturated carbocycles. The molecule has 0 radical (unpaired) electrons. The van der Waals surface area contributed by atoms with Gasteiger partial charge in [0.2, 0.25) is 11.8 Å². The molecule has 0 spiro atoms. The standard InChI is InChI=1S/C40H50N10O4/c1-23(2)33(47-39-41-17-18-42-39)37(51)49-19-5-7-31(49)35-43-21-29(45-35)27-13-9-25(10-14-27)26-11-15-28(16-12-26)30-22-44-36(46-30)32-8-6-20-50(32)38(52)34(24(3)4)48-40(53)54/h9-16,21-24,31-34,48H,5-8,17-20H2,1-4H3,(H,43,45)(H,44,46)(H,53,54)(H2,41,42,47)/t31-,32-,33-,34-/m0/s1. The fourth-order valence-electron chi connectivity index (χ4n) is 7.78. The molecule has 0 bridgehead atoms. The molecule has 3 aliphatic rings. The number of rotatable bonds is 11. The van der Waals surface area contributed by atoms with Crippen molar-refractivity contribution < 1.29 is 19.5 Å². The Morgan fingerprint density at radius 1 is 0.722 bits per heavy atom. The Kier molecular flexibility index (Phi) is 10.7. The summed E-state index contributed by atoms with van der Waals surface area (Å²) in [5, 5.41) is 18.2. The first-order valence-electron chi connectivity index (χ1n) is 19.0. The average Bonchev–Trinajstić information content (AvgIpc) is 4.01. The molecule has 2 aromatic heterocycles. The molecule has 4 aromatic rings. The maximum Gasteiger partial charge on any atom is 0.405 e. The third kappa shape index (κ3) is 7.68. The summed E-state index contributed by atoms with van der Waals surface area (Å²) in [5.41, 5.74) is 5.89. The van der Waals surface area contributed by atoms with Crippen LogP contribution in [0.4, 0.5) is 4.79 Å². The predicted octanol–water partition coefficient (Wildman–Crippen LogP) is 5.33. The number of nitrogens with one attached hydrogen (secondary N) is 5. The lowest BCUT2D eigenvalue weighted by molar-refractivity contribution is -0.136. The van der Waals surface area contributed by atoms with Crippen molar-refractivity contribution in [2.75, 3.05) is 26.2 Å². The second-order valence-corrected chi connectivity index (χ2v) is 15.1. The summed E-state index contributed by atoms with van der Waals surface area (Å²) in [5.74, 6) is 1.98. The van der Waals surface area contributed by atoms with Gasteiger partial charge in [0.1, 0.15) is 23.7 Å². The van der Waals surface area contributed by atoms with Crippen LogP contribution in [-0.2, 0) is 9.59 Å². The molecule has 0 unspecified atom stereocenters. The van der Waals surface area contributed by atoms with Gasteiger partial charge in [0, 0.05) is 19.6 Å². The summed E-state index contributed by atoms with van der Waals surface area (Å²) in [7, 11) is 0. The molecule has 7 rings (SSSR count). The van der Waals surface area contributed by atoms with Crippen LogP contribution in [0.1, 0.15) is 77.1 Å². The first-order valence-corrected chi connectivity index (χ1v) is 19.0. The number of guanidine groups is 1. The smallest absolute Gasteiger partial charge is 0.405 e. The maximum absolute atomic E-state index is 13.8. The lowest BCUT2D eigenvalue weighted by Gasteiger charge is -2.30. The Bertz CT molecular complexity index is 1980. The topological polar surface area (TPSA) is 184 Å². The highest BCUT2D eigenvalue weighted by Crippen LogP contribution is 2.35. The molecule has 3 amide bonds. The molecular weight excluding hydrogens is 685 g/mol. The van der Waals surface area contributed by atoms with Crippen molar-refractivity contribution in [3.05, 3.63) is 72.6 Å². The average molecular weight is 735 g/mol. The van der Waals surface area contributed by atoms with Crippen molar-refractivity contribution in [1.82, 2.24) is 45.7 Å².